The molecule has 1 aromatic heterocycles. The number of amides is 2. The van der Waals surface area contributed by atoms with Crippen molar-refractivity contribution in [2.75, 3.05) is 38.0 Å². The van der Waals surface area contributed by atoms with Crippen molar-refractivity contribution in [2.45, 2.75) is 0 Å². The molecule has 5 nitrogen and oxygen atoms in total. The fourth-order valence-corrected chi connectivity index (χ4v) is 2.66. The van der Waals surface area contributed by atoms with Crippen LogP contribution in [0.3, 0.4) is 0 Å². The molecule has 2 heterocycles. The Bertz CT molecular complexity index is 664. The molecule has 0 saturated carbocycles. The zero-order valence-corrected chi connectivity index (χ0v) is 13.6. The Labute approximate surface area is 142 Å². The van der Waals surface area contributed by atoms with Gasteiger partial charge in [0.25, 0.3) is 0 Å². The van der Waals surface area contributed by atoms with Crippen LogP contribution in [0.5, 0.6) is 0 Å². The first-order chi connectivity index (χ1) is 11.8. The highest BCUT2D eigenvalue weighted by molar-refractivity contribution is 5.88. The van der Waals surface area contributed by atoms with Crippen molar-refractivity contribution in [1.82, 2.24) is 14.8 Å². The van der Waals surface area contributed by atoms with Gasteiger partial charge >= 0.3 is 6.03 Å². The molecule has 0 atom stereocenters. The summed E-state index contributed by atoms with van der Waals surface area (Å²) in [6, 6.07) is 15.7. The van der Waals surface area contributed by atoms with Gasteiger partial charge in [0.1, 0.15) is 5.82 Å². The normalized spacial score (nSPS) is 15.6. The Morgan fingerprint density at radius 1 is 1.04 bits per heavy atom. The van der Waals surface area contributed by atoms with Gasteiger partial charge in [-0.1, -0.05) is 48.6 Å². The summed E-state index contributed by atoms with van der Waals surface area (Å²) in [5.41, 5.74) is 1.21. The van der Waals surface area contributed by atoms with E-state index in [-0.39, 0.29) is 6.03 Å². The lowest BCUT2D eigenvalue weighted by molar-refractivity contribution is 0.156. The minimum Gasteiger partial charge on any atom is -0.322 e. The standard InChI is InChI=1S/C19H22N4O/c24-19(21-18-10-4-5-11-20-18)23-15-13-22(14-16-23)12-6-9-17-7-2-1-3-8-17/h1-11H,12-16H2,(H,20,21,24). The highest BCUT2D eigenvalue weighted by Gasteiger charge is 2.20. The summed E-state index contributed by atoms with van der Waals surface area (Å²) in [6.07, 6.45) is 5.99. The van der Waals surface area contributed by atoms with Gasteiger partial charge in [0, 0.05) is 38.9 Å². The molecule has 2 amide bonds. The molecule has 1 aromatic carbocycles. The molecule has 0 radical (unpaired) electrons. The first kappa shape index (κ1) is 16.2. The molecule has 2 aromatic rings. The van der Waals surface area contributed by atoms with Crippen molar-refractivity contribution in [3.8, 4) is 0 Å². The first-order valence-electron chi connectivity index (χ1n) is 8.22. The summed E-state index contributed by atoms with van der Waals surface area (Å²) in [4.78, 5) is 20.5. The molecule has 1 saturated heterocycles. The second-order valence-electron chi connectivity index (χ2n) is 5.75. The van der Waals surface area contributed by atoms with Crippen molar-refractivity contribution in [3.05, 3.63) is 66.4 Å². The first-order valence-corrected chi connectivity index (χ1v) is 8.22. The van der Waals surface area contributed by atoms with E-state index in [1.165, 1.54) is 5.56 Å². The van der Waals surface area contributed by atoms with Crippen molar-refractivity contribution < 1.29 is 4.79 Å². The lowest BCUT2D eigenvalue weighted by Gasteiger charge is -2.34. The Kier molecular flexibility index (Phi) is 5.58. The smallest absolute Gasteiger partial charge is 0.322 e. The Morgan fingerprint density at radius 2 is 1.79 bits per heavy atom. The van der Waals surface area contributed by atoms with Crippen LogP contribution in [0.25, 0.3) is 6.08 Å². The van der Waals surface area contributed by atoms with E-state index < -0.39 is 0 Å². The Balaban J connectivity index is 1.42. The number of rotatable bonds is 4. The number of aromatic nitrogens is 1. The zero-order chi connectivity index (χ0) is 16.6. The van der Waals surface area contributed by atoms with E-state index >= 15 is 0 Å². The number of carbonyl (C=O) groups excluding carboxylic acids is 1. The molecule has 24 heavy (non-hydrogen) atoms. The summed E-state index contributed by atoms with van der Waals surface area (Å²) in [6.45, 7) is 4.14. The van der Waals surface area contributed by atoms with Gasteiger partial charge in [-0.15, -0.1) is 0 Å². The molecular formula is C19H22N4O. The maximum atomic E-state index is 12.2. The third-order valence-electron chi connectivity index (χ3n) is 4.03. The highest BCUT2D eigenvalue weighted by atomic mass is 16.2. The van der Waals surface area contributed by atoms with Crippen LogP contribution in [0, 0.1) is 0 Å². The van der Waals surface area contributed by atoms with Gasteiger partial charge in [0.15, 0.2) is 0 Å². The third-order valence-corrected chi connectivity index (χ3v) is 4.03. The van der Waals surface area contributed by atoms with E-state index in [2.05, 4.69) is 39.5 Å². The fourth-order valence-electron chi connectivity index (χ4n) is 2.66. The van der Waals surface area contributed by atoms with E-state index in [1.54, 1.807) is 12.3 Å². The molecule has 3 rings (SSSR count). The maximum Gasteiger partial charge on any atom is 0.323 e. The number of hydrogen-bond acceptors (Lipinski definition) is 3. The number of urea groups is 1. The Hall–Kier alpha value is -2.66. The van der Waals surface area contributed by atoms with E-state index in [9.17, 15) is 4.79 Å². The number of pyridine rings is 1. The van der Waals surface area contributed by atoms with E-state index in [0.29, 0.717) is 5.82 Å². The molecule has 0 bridgehead atoms. The summed E-state index contributed by atoms with van der Waals surface area (Å²) in [7, 11) is 0. The quantitative estimate of drug-likeness (QED) is 0.941. The van der Waals surface area contributed by atoms with Gasteiger partial charge in [0.2, 0.25) is 0 Å². The van der Waals surface area contributed by atoms with Crippen molar-refractivity contribution >= 4 is 17.9 Å². The zero-order valence-electron chi connectivity index (χ0n) is 13.6. The molecule has 124 valence electrons. The molecule has 1 aliphatic heterocycles. The van der Waals surface area contributed by atoms with Crippen LogP contribution in [0.2, 0.25) is 0 Å². The Morgan fingerprint density at radius 3 is 2.50 bits per heavy atom. The summed E-state index contributed by atoms with van der Waals surface area (Å²) in [5, 5.41) is 2.83. The van der Waals surface area contributed by atoms with Gasteiger partial charge in [-0.25, -0.2) is 9.78 Å². The van der Waals surface area contributed by atoms with Crippen LogP contribution >= 0.6 is 0 Å². The second kappa shape index (κ2) is 8.26. The predicted molar refractivity (Wildman–Crippen MR) is 96.7 cm³/mol. The lowest BCUT2D eigenvalue weighted by atomic mass is 10.2. The van der Waals surface area contributed by atoms with Crippen molar-refractivity contribution in [1.29, 1.82) is 0 Å². The van der Waals surface area contributed by atoms with E-state index in [0.717, 1.165) is 32.7 Å². The third kappa shape index (κ3) is 4.67. The molecule has 0 aliphatic carbocycles. The highest BCUT2D eigenvalue weighted by Crippen LogP contribution is 2.07. The maximum absolute atomic E-state index is 12.2. The predicted octanol–water partition coefficient (Wildman–Crippen LogP) is 2.94. The van der Waals surface area contributed by atoms with Gasteiger partial charge in [-0.3, -0.25) is 10.2 Å². The average Bonchev–Trinajstić information content (AvgIpc) is 2.64. The molecule has 5 heteroatoms. The number of hydrogen-bond donors (Lipinski definition) is 1. The van der Waals surface area contributed by atoms with Crippen LogP contribution < -0.4 is 5.32 Å². The fraction of sp³-hybridized carbons (Fsp3) is 0.263. The molecule has 1 fully saturated rings. The van der Waals surface area contributed by atoms with Gasteiger partial charge in [-0.2, -0.15) is 0 Å². The number of nitrogens with one attached hydrogen (secondary N) is 1. The summed E-state index contributed by atoms with van der Waals surface area (Å²) in [5.74, 6) is 0.593. The largest absolute Gasteiger partial charge is 0.323 e. The van der Waals surface area contributed by atoms with Gasteiger partial charge in [-0.05, 0) is 17.7 Å². The number of nitrogens with zero attached hydrogens (tertiary/aromatic N) is 3. The van der Waals surface area contributed by atoms with Crippen LogP contribution in [0.4, 0.5) is 10.6 Å². The second-order valence-corrected chi connectivity index (χ2v) is 5.75. The molecular weight excluding hydrogens is 300 g/mol. The van der Waals surface area contributed by atoms with Gasteiger partial charge in [0.05, 0.1) is 0 Å². The van der Waals surface area contributed by atoms with Gasteiger partial charge < -0.3 is 4.90 Å². The minimum absolute atomic E-state index is 0.0758. The van der Waals surface area contributed by atoms with Crippen LogP contribution in [-0.4, -0.2) is 53.5 Å². The molecule has 0 unspecified atom stereocenters. The summed E-state index contributed by atoms with van der Waals surface area (Å²) < 4.78 is 0. The van der Waals surface area contributed by atoms with Crippen molar-refractivity contribution in [3.63, 3.8) is 0 Å². The number of anilines is 1. The number of benzene rings is 1. The molecule has 1 aliphatic rings. The topological polar surface area (TPSA) is 48.5 Å². The molecule has 0 spiro atoms. The van der Waals surface area contributed by atoms with E-state index in [4.69, 9.17) is 0 Å². The lowest BCUT2D eigenvalue weighted by Crippen LogP contribution is -2.50. The summed E-state index contributed by atoms with van der Waals surface area (Å²) >= 11 is 0. The van der Waals surface area contributed by atoms with Crippen LogP contribution in [-0.2, 0) is 0 Å². The number of piperazine rings is 1. The van der Waals surface area contributed by atoms with Crippen LogP contribution in [0.15, 0.2) is 60.8 Å². The minimum atomic E-state index is -0.0758. The SMILES string of the molecule is O=C(Nc1ccccn1)N1CCN(CC=Cc2ccccc2)CC1. The monoisotopic (exact) mass is 322 g/mol. The van der Waals surface area contributed by atoms with E-state index in [1.807, 2.05) is 35.2 Å². The molecule has 1 N–H and O–H groups in total. The van der Waals surface area contributed by atoms with Crippen LogP contribution in [0.1, 0.15) is 5.56 Å². The van der Waals surface area contributed by atoms with Crippen molar-refractivity contribution in [2.24, 2.45) is 0 Å². The average molecular weight is 322 g/mol. The number of carbonyl (C=O) groups is 1.